The maximum atomic E-state index is 12.9. The van der Waals surface area contributed by atoms with Gasteiger partial charge in [-0.2, -0.15) is 18.2 Å². The first kappa shape index (κ1) is 18.0. The summed E-state index contributed by atoms with van der Waals surface area (Å²) < 4.78 is 40.5. The first-order valence-electron chi connectivity index (χ1n) is 7.37. The first-order chi connectivity index (χ1) is 12.2. The smallest absolute Gasteiger partial charge is 0.372 e. The molecule has 3 aromatic rings. The highest BCUT2D eigenvalue weighted by molar-refractivity contribution is 6.34. The second kappa shape index (κ2) is 6.49. The van der Waals surface area contributed by atoms with Crippen molar-refractivity contribution in [2.45, 2.75) is 6.18 Å². The van der Waals surface area contributed by atoms with Gasteiger partial charge in [0.2, 0.25) is 5.95 Å². The number of rotatable bonds is 4. The van der Waals surface area contributed by atoms with Gasteiger partial charge in [-0.25, -0.2) is 4.98 Å². The van der Waals surface area contributed by atoms with Crippen LogP contribution in [0.2, 0.25) is 5.02 Å². The highest BCUT2D eigenvalue weighted by Crippen LogP contribution is 2.35. The number of aromatic nitrogens is 3. The number of alkyl halides is 3. The zero-order chi connectivity index (χ0) is 19.1. The van der Waals surface area contributed by atoms with Crippen LogP contribution in [0.3, 0.4) is 0 Å². The summed E-state index contributed by atoms with van der Waals surface area (Å²) in [6.45, 7) is 0. The molecule has 2 N–H and O–H groups in total. The van der Waals surface area contributed by atoms with Crippen molar-refractivity contribution in [3.8, 4) is 0 Å². The second-order valence-corrected chi connectivity index (χ2v) is 5.90. The molecule has 0 saturated carbocycles. The maximum Gasteiger partial charge on any atom is 0.421 e. The summed E-state index contributed by atoms with van der Waals surface area (Å²) in [4.78, 5) is 18.7. The summed E-state index contributed by atoms with van der Waals surface area (Å²) in [5.74, 6) is -0.400. The Morgan fingerprint density at radius 3 is 2.65 bits per heavy atom. The first-order valence-corrected chi connectivity index (χ1v) is 7.75. The summed E-state index contributed by atoms with van der Waals surface area (Å²) in [6.07, 6.45) is -1.49. The number of halogens is 4. The van der Waals surface area contributed by atoms with Gasteiger partial charge >= 0.3 is 6.18 Å². The number of fused-ring (bicyclic) bond motifs is 1. The van der Waals surface area contributed by atoms with Crippen LogP contribution >= 0.6 is 11.6 Å². The molecule has 26 heavy (non-hydrogen) atoms. The van der Waals surface area contributed by atoms with Crippen molar-refractivity contribution in [1.82, 2.24) is 14.5 Å². The SMILES string of the molecule is CNc1nc(Nc2cc3c(cc2Cl)c(C=O)cn3C)ncc1C(F)(F)F. The molecule has 0 atom stereocenters. The molecule has 2 aromatic heterocycles. The average molecular weight is 384 g/mol. The van der Waals surface area contributed by atoms with E-state index >= 15 is 0 Å². The van der Waals surface area contributed by atoms with Crippen molar-refractivity contribution < 1.29 is 18.0 Å². The van der Waals surface area contributed by atoms with E-state index < -0.39 is 11.7 Å². The van der Waals surface area contributed by atoms with Gasteiger partial charge in [-0.3, -0.25) is 4.79 Å². The number of nitrogens with one attached hydrogen (secondary N) is 2. The van der Waals surface area contributed by atoms with Gasteiger partial charge in [0, 0.05) is 37.4 Å². The highest BCUT2D eigenvalue weighted by atomic mass is 35.5. The summed E-state index contributed by atoms with van der Waals surface area (Å²) in [5.41, 5.74) is 0.642. The second-order valence-electron chi connectivity index (χ2n) is 5.49. The van der Waals surface area contributed by atoms with Gasteiger partial charge in [0.05, 0.1) is 16.2 Å². The molecular weight excluding hydrogens is 371 g/mol. The van der Waals surface area contributed by atoms with Gasteiger partial charge in [-0.15, -0.1) is 0 Å². The number of carbonyl (C=O) groups excluding carboxylic acids is 1. The number of anilines is 3. The van der Waals surface area contributed by atoms with E-state index in [4.69, 9.17) is 11.6 Å². The van der Waals surface area contributed by atoms with Crippen LogP contribution in [0.25, 0.3) is 10.9 Å². The molecule has 136 valence electrons. The van der Waals surface area contributed by atoms with Gasteiger partial charge in [0.25, 0.3) is 0 Å². The molecule has 0 radical (unpaired) electrons. The molecule has 0 saturated heterocycles. The van der Waals surface area contributed by atoms with Gasteiger partial charge in [0.1, 0.15) is 11.4 Å². The normalized spacial score (nSPS) is 11.6. The zero-order valence-corrected chi connectivity index (χ0v) is 14.4. The van der Waals surface area contributed by atoms with Crippen LogP contribution in [-0.2, 0) is 13.2 Å². The molecule has 0 fully saturated rings. The van der Waals surface area contributed by atoms with Gasteiger partial charge in [-0.05, 0) is 12.1 Å². The van der Waals surface area contributed by atoms with Crippen molar-refractivity contribution in [1.29, 1.82) is 0 Å². The highest BCUT2D eigenvalue weighted by Gasteiger charge is 2.35. The fourth-order valence-corrected chi connectivity index (χ4v) is 2.79. The molecule has 0 spiro atoms. The summed E-state index contributed by atoms with van der Waals surface area (Å²) in [5, 5.41) is 6.16. The third-order valence-corrected chi connectivity index (χ3v) is 4.13. The number of carbonyl (C=O) groups is 1. The van der Waals surface area contributed by atoms with E-state index in [2.05, 4.69) is 20.6 Å². The Morgan fingerprint density at radius 1 is 1.31 bits per heavy atom. The molecule has 3 rings (SSSR count). The van der Waals surface area contributed by atoms with Gasteiger partial charge in [0.15, 0.2) is 6.29 Å². The van der Waals surface area contributed by atoms with E-state index in [0.29, 0.717) is 22.8 Å². The van der Waals surface area contributed by atoms with Crippen molar-refractivity contribution in [2.24, 2.45) is 7.05 Å². The van der Waals surface area contributed by atoms with Gasteiger partial charge < -0.3 is 15.2 Å². The van der Waals surface area contributed by atoms with Crippen LogP contribution in [0.5, 0.6) is 0 Å². The number of benzene rings is 1. The van der Waals surface area contributed by atoms with E-state index in [9.17, 15) is 18.0 Å². The lowest BCUT2D eigenvalue weighted by molar-refractivity contribution is -0.137. The topological polar surface area (TPSA) is 71.8 Å². The summed E-state index contributed by atoms with van der Waals surface area (Å²) in [6, 6.07) is 3.27. The van der Waals surface area contributed by atoms with E-state index in [1.165, 1.54) is 7.05 Å². The van der Waals surface area contributed by atoms with E-state index in [1.807, 2.05) is 0 Å². The Morgan fingerprint density at radius 2 is 2.04 bits per heavy atom. The third-order valence-electron chi connectivity index (χ3n) is 3.81. The summed E-state index contributed by atoms with van der Waals surface area (Å²) in [7, 11) is 3.10. The molecule has 0 unspecified atom stereocenters. The lowest BCUT2D eigenvalue weighted by Gasteiger charge is -2.13. The van der Waals surface area contributed by atoms with Crippen molar-refractivity contribution >= 4 is 46.2 Å². The Hall–Kier alpha value is -2.81. The van der Waals surface area contributed by atoms with Crippen LogP contribution in [0.1, 0.15) is 15.9 Å². The predicted molar refractivity (Wildman–Crippen MR) is 93.2 cm³/mol. The molecule has 0 bridgehead atoms. The lowest BCUT2D eigenvalue weighted by Crippen LogP contribution is -2.12. The van der Waals surface area contributed by atoms with Crippen LogP contribution in [0.15, 0.2) is 24.5 Å². The van der Waals surface area contributed by atoms with Crippen molar-refractivity contribution in [3.05, 3.63) is 40.7 Å². The monoisotopic (exact) mass is 383 g/mol. The number of aryl methyl sites for hydroxylation is 1. The summed E-state index contributed by atoms with van der Waals surface area (Å²) >= 11 is 6.23. The van der Waals surface area contributed by atoms with E-state index in [0.717, 1.165) is 11.8 Å². The Balaban J connectivity index is 2.02. The predicted octanol–water partition coefficient (Wildman–Crippen LogP) is 4.24. The quantitative estimate of drug-likeness (QED) is 0.659. The van der Waals surface area contributed by atoms with E-state index in [1.54, 1.807) is 29.9 Å². The standard InChI is InChI=1S/C16H13ClF3N5O/c1-21-14-10(16(18,19)20)5-22-15(24-14)23-12-4-13-9(3-11(12)17)8(7-26)6-25(13)2/h3-7H,1-2H3,(H2,21,22,23,24). The maximum absolute atomic E-state index is 12.9. The zero-order valence-electron chi connectivity index (χ0n) is 13.6. The van der Waals surface area contributed by atoms with Crippen LogP contribution < -0.4 is 10.6 Å². The molecule has 0 amide bonds. The minimum atomic E-state index is -4.57. The van der Waals surface area contributed by atoms with Crippen molar-refractivity contribution in [3.63, 3.8) is 0 Å². The molecule has 2 heterocycles. The third kappa shape index (κ3) is 3.17. The number of nitrogens with zero attached hydrogens (tertiary/aromatic N) is 3. The van der Waals surface area contributed by atoms with Crippen LogP contribution in [0, 0.1) is 0 Å². The molecule has 0 aliphatic heterocycles. The lowest BCUT2D eigenvalue weighted by atomic mass is 10.1. The largest absolute Gasteiger partial charge is 0.421 e. The number of hydrogen-bond acceptors (Lipinski definition) is 5. The molecule has 0 aliphatic rings. The molecule has 10 heteroatoms. The fourth-order valence-electron chi connectivity index (χ4n) is 2.58. The number of hydrogen-bond donors (Lipinski definition) is 2. The van der Waals surface area contributed by atoms with Gasteiger partial charge in [-0.1, -0.05) is 11.6 Å². The van der Waals surface area contributed by atoms with E-state index in [-0.39, 0.29) is 16.8 Å². The Kier molecular flexibility index (Phi) is 4.49. The fraction of sp³-hybridized carbons (Fsp3) is 0.188. The van der Waals surface area contributed by atoms with Crippen LogP contribution in [0.4, 0.5) is 30.6 Å². The molecule has 6 nitrogen and oxygen atoms in total. The van der Waals surface area contributed by atoms with Crippen molar-refractivity contribution in [2.75, 3.05) is 17.7 Å². The minimum absolute atomic E-state index is 0.0478. The number of aldehydes is 1. The van der Waals surface area contributed by atoms with Crippen LogP contribution in [-0.4, -0.2) is 27.9 Å². The Labute approximate surface area is 151 Å². The minimum Gasteiger partial charge on any atom is -0.372 e. The average Bonchev–Trinajstić information content (AvgIpc) is 2.89. The molecular formula is C16H13ClF3N5O. The Bertz CT molecular complexity index is 1000. The molecule has 0 aliphatic carbocycles. The molecule has 1 aromatic carbocycles.